The van der Waals surface area contributed by atoms with Gasteiger partial charge in [-0.05, 0) is 38.3 Å². The molecule has 0 aromatic heterocycles. The average Bonchev–Trinajstić information content (AvgIpc) is 2.27. The van der Waals surface area contributed by atoms with Gasteiger partial charge in [0.05, 0.1) is 6.61 Å². The Morgan fingerprint density at radius 2 is 2.17 bits per heavy atom. The van der Waals surface area contributed by atoms with Gasteiger partial charge in [0.15, 0.2) is 0 Å². The molecule has 12 heavy (non-hydrogen) atoms. The van der Waals surface area contributed by atoms with Crippen molar-refractivity contribution in [3.8, 4) is 0 Å². The van der Waals surface area contributed by atoms with E-state index in [0.717, 1.165) is 19.1 Å². The molecule has 0 radical (unpaired) electrons. The van der Waals surface area contributed by atoms with Crippen LogP contribution in [-0.4, -0.2) is 38.3 Å². The summed E-state index contributed by atoms with van der Waals surface area (Å²) in [5, 5.41) is 0. The molecule has 0 saturated carbocycles. The van der Waals surface area contributed by atoms with Crippen LogP contribution in [0.3, 0.4) is 0 Å². The van der Waals surface area contributed by atoms with E-state index in [0.29, 0.717) is 0 Å². The van der Waals surface area contributed by atoms with E-state index < -0.39 is 0 Å². The highest BCUT2D eigenvalue weighted by molar-refractivity contribution is 4.66. The van der Waals surface area contributed by atoms with Crippen molar-refractivity contribution < 1.29 is 4.74 Å². The maximum Gasteiger partial charge on any atom is 0.0589 e. The Hall–Kier alpha value is -0.0800. The van der Waals surface area contributed by atoms with Crippen molar-refractivity contribution in [1.29, 1.82) is 0 Å². The molecule has 0 aromatic rings. The van der Waals surface area contributed by atoms with E-state index >= 15 is 0 Å². The summed E-state index contributed by atoms with van der Waals surface area (Å²) in [6, 6.07) is 0. The molecule has 1 fully saturated rings. The summed E-state index contributed by atoms with van der Waals surface area (Å²) in [7, 11) is 1.78. The second-order valence-electron chi connectivity index (χ2n) is 3.87. The van der Waals surface area contributed by atoms with Crippen LogP contribution in [0.25, 0.3) is 0 Å². The molecule has 0 unspecified atom stereocenters. The van der Waals surface area contributed by atoms with Gasteiger partial charge in [-0.3, -0.25) is 0 Å². The Kier molecular flexibility index (Phi) is 4.62. The largest absolute Gasteiger partial charge is 0.383 e. The molecule has 0 bridgehead atoms. The van der Waals surface area contributed by atoms with Crippen molar-refractivity contribution in [3.05, 3.63) is 0 Å². The van der Waals surface area contributed by atoms with Crippen LogP contribution in [-0.2, 0) is 4.74 Å². The van der Waals surface area contributed by atoms with E-state index in [1.807, 2.05) is 0 Å². The third-order valence-electron chi connectivity index (χ3n) is 2.72. The predicted molar refractivity (Wildman–Crippen MR) is 51.3 cm³/mol. The molecule has 0 amide bonds. The molecule has 72 valence electrons. The van der Waals surface area contributed by atoms with Gasteiger partial charge in [-0.2, -0.15) is 0 Å². The zero-order chi connectivity index (χ0) is 8.81. The van der Waals surface area contributed by atoms with Crippen LogP contribution in [0, 0.1) is 5.92 Å². The van der Waals surface area contributed by atoms with Crippen LogP contribution in [0.15, 0.2) is 0 Å². The summed E-state index contributed by atoms with van der Waals surface area (Å²) in [5.41, 5.74) is 0. The molecule has 1 rings (SSSR count). The van der Waals surface area contributed by atoms with Gasteiger partial charge in [0, 0.05) is 13.7 Å². The smallest absolute Gasteiger partial charge is 0.0589 e. The van der Waals surface area contributed by atoms with Gasteiger partial charge < -0.3 is 9.64 Å². The van der Waals surface area contributed by atoms with Crippen molar-refractivity contribution in [2.45, 2.75) is 26.2 Å². The Bertz CT molecular complexity index is 114. The lowest BCUT2D eigenvalue weighted by atomic mass is 10.0. The number of rotatable bonds is 3. The first-order valence-corrected chi connectivity index (χ1v) is 5.04. The fourth-order valence-electron chi connectivity index (χ4n) is 1.77. The van der Waals surface area contributed by atoms with E-state index in [9.17, 15) is 0 Å². The van der Waals surface area contributed by atoms with Crippen molar-refractivity contribution in [1.82, 2.24) is 4.90 Å². The quantitative estimate of drug-likeness (QED) is 0.641. The first-order valence-electron chi connectivity index (χ1n) is 5.04. The van der Waals surface area contributed by atoms with Crippen molar-refractivity contribution >= 4 is 0 Å². The van der Waals surface area contributed by atoms with Crippen molar-refractivity contribution in [3.63, 3.8) is 0 Å². The molecule has 0 aliphatic carbocycles. The SMILES string of the molecule is COCCN1CCC[C@H](C)CC1. The van der Waals surface area contributed by atoms with Crippen LogP contribution in [0.1, 0.15) is 26.2 Å². The fraction of sp³-hybridized carbons (Fsp3) is 1.00. The highest BCUT2D eigenvalue weighted by Crippen LogP contribution is 2.15. The Balaban J connectivity index is 2.17. The van der Waals surface area contributed by atoms with Gasteiger partial charge in [0.25, 0.3) is 0 Å². The molecule has 0 aromatic carbocycles. The molecule has 1 aliphatic heterocycles. The predicted octanol–water partition coefficient (Wildman–Crippen LogP) is 1.75. The molecule has 1 aliphatic rings. The summed E-state index contributed by atoms with van der Waals surface area (Å²) < 4.78 is 5.07. The first-order chi connectivity index (χ1) is 5.83. The lowest BCUT2D eigenvalue weighted by Gasteiger charge is -2.18. The van der Waals surface area contributed by atoms with Crippen LogP contribution < -0.4 is 0 Å². The maximum absolute atomic E-state index is 5.07. The highest BCUT2D eigenvalue weighted by Gasteiger charge is 2.12. The summed E-state index contributed by atoms with van der Waals surface area (Å²) >= 11 is 0. The molecular formula is C10H21NO. The van der Waals surface area contributed by atoms with Crippen LogP contribution in [0.5, 0.6) is 0 Å². The lowest BCUT2D eigenvalue weighted by molar-refractivity contribution is 0.149. The third kappa shape index (κ3) is 3.55. The van der Waals surface area contributed by atoms with E-state index in [1.54, 1.807) is 7.11 Å². The van der Waals surface area contributed by atoms with E-state index in [4.69, 9.17) is 4.74 Å². The Morgan fingerprint density at radius 3 is 2.92 bits per heavy atom. The monoisotopic (exact) mass is 171 g/mol. The summed E-state index contributed by atoms with van der Waals surface area (Å²) in [6.45, 7) is 6.90. The zero-order valence-electron chi connectivity index (χ0n) is 8.38. The number of hydrogen-bond donors (Lipinski definition) is 0. The number of nitrogens with zero attached hydrogens (tertiary/aromatic N) is 1. The minimum absolute atomic E-state index is 0.883. The highest BCUT2D eigenvalue weighted by atomic mass is 16.5. The van der Waals surface area contributed by atoms with E-state index in [2.05, 4.69) is 11.8 Å². The van der Waals surface area contributed by atoms with E-state index in [1.165, 1.54) is 32.4 Å². The molecule has 2 nitrogen and oxygen atoms in total. The molecule has 0 spiro atoms. The van der Waals surface area contributed by atoms with Crippen LogP contribution in [0.2, 0.25) is 0 Å². The number of likely N-dealkylation sites (tertiary alicyclic amines) is 1. The van der Waals surface area contributed by atoms with Crippen molar-refractivity contribution in [2.24, 2.45) is 5.92 Å². The minimum atomic E-state index is 0.883. The van der Waals surface area contributed by atoms with E-state index in [-0.39, 0.29) is 0 Å². The van der Waals surface area contributed by atoms with Gasteiger partial charge in [-0.25, -0.2) is 0 Å². The molecule has 1 heterocycles. The van der Waals surface area contributed by atoms with Crippen LogP contribution >= 0.6 is 0 Å². The minimum Gasteiger partial charge on any atom is -0.383 e. The zero-order valence-corrected chi connectivity index (χ0v) is 8.38. The summed E-state index contributed by atoms with van der Waals surface area (Å²) in [4.78, 5) is 2.52. The molecule has 1 saturated heterocycles. The standard InChI is InChI=1S/C10H21NO/c1-10-4-3-6-11(7-5-10)8-9-12-2/h10H,3-9H2,1-2H3/t10-/m0/s1. The topological polar surface area (TPSA) is 12.5 Å². The van der Waals surface area contributed by atoms with Gasteiger partial charge >= 0.3 is 0 Å². The number of ether oxygens (including phenoxy) is 1. The molecule has 0 N–H and O–H groups in total. The second kappa shape index (κ2) is 5.55. The number of hydrogen-bond acceptors (Lipinski definition) is 2. The molecular weight excluding hydrogens is 150 g/mol. The second-order valence-corrected chi connectivity index (χ2v) is 3.87. The first kappa shape index (κ1) is 10.0. The Morgan fingerprint density at radius 1 is 1.33 bits per heavy atom. The normalized spacial score (nSPS) is 27.0. The van der Waals surface area contributed by atoms with Gasteiger partial charge in [0.2, 0.25) is 0 Å². The Labute approximate surface area is 75.9 Å². The van der Waals surface area contributed by atoms with Crippen molar-refractivity contribution in [2.75, 3.05) is 33.4 Å². The third-order valence-corrected chi connectivity index (χ3v) is 2.72. The summed E-state index contributed by atoms with van der Waals surface area (Å²) in [5.74, 6) is 0.928. The fourth-order valence-corrected chi connectivity index (χ4v) is 1.77. The maximum atomic E-state index is 5.07. The van der Waals surface area contributed by atoms with Crippen LogP contribution in [0.4, 0.5) is 0 Å². The molecule has 2 heteroatoms. The van der Waals surface area contributed by atoms with Gasteiger partial charge in [-0.1, -0.05) is 6.92 Å². The van der Waals surface area contributed by atoms with Gasteiger partial charge in [-0.15, -0.1) is 0 Å². The lowest BCUT2D eigenvalue weighted by Crippen LogP contribution is -2.28. The average molecular weight is 171 g/mol. The molecule has 1 atom stereocenters. The summed E-state index contributed by atoms with van der Waals surface area (Å²) in [6.07, 6.45) is 4.14. The number of methoxy groups -OCH3 is 1. The van der Waals surface area contributed by atoms with Gasteiger partial charge in [0.1, 0.15) is 0 Å².